The van der Waals surface area contributed by atoms with E-state index in [9.17, 15) is 17.6 Å². The van der Waals surface area contributed by atoms with Gasteiger partial charge in [0, 0.05) is 11.8 Å². The molecule has 5 N–H and O–H groups in total. The third-order valence-corrected chi connectivity index (χ3v) is 2.98. The number of nitrogen functional groups attached to an aromatic ring is 1. The number of hydrogen-bond donors (Lipinski definition) is 3. The predicted molar refractivity (Wildman–Crippen MR) is 69.2 cm³/mol. The van der Waals surface area contributed by atoms with E-state index in [4.69, 9.17) is 11.6 Å². The van der Waals surface area contributed by atoms with Gasteiger partial charge in [-0.2, -0.15) is 13.2 Å². The molecular weight excluding hydrogens is 288 g/mol. The number of aromatic nitrogens is 1. The largest absolute Gasteiger partial charge is 0.416 e. The Bertz CT molecular complexity index is 642. The van der Waals surface area contributed by atoms with Crippen LogP contribution < -0.4 is 17.0 Å². The molecule has 1 aromatic heterocycles. The molecule has 0 saturated heterocycles. The van der Waals surface area contributed by atoms with E-state index < -0.39 is 23.6 Å². The van der Waals surface area contributed by atoms with Crippen LogP contribution in [0, 0.1) is 5.82 Å². The molecule has 8 heteroatoms. The van der Waals surface area contributed by atoms with Crippen molar-refractivity contribution in [3.8, 4) is 0 Å². The molecule has 0 radical (unpaired) electrons. The van der Waals surface area contributed by atoms with Crippen molar-refractivity contribution in [1.29, 1.82) is 0 Å². The normalized spacial score (nSPS) is 13.2. The third-order valence-electron chi connectivity index (χ3n) is 2.98. The molecule has 0 aliphatic rings. The summed E-state index contributed by atoms with van der Waals surface area (Å²) in [6.45, 7) is 0. The van der Waals surface area contributed by atoms with Crippen molar-refractivity contribution in [2.45, 2.75) is 12.2 Å². The second kappa shape index (κ2) is 5.66. The maximum Gasteiger partial charge on any atom is 0.416 e. The number of hydrogen-bond acceptors (Lipinski definition) is 4. The molecule has 0 bridgehead atoms. The molecule has 4 nitrogen and oxygen atoms in total. The van der Waals surface area contributed by atoms with Gasteiger partial charge in [-0.15, -0.1) is 0 Å². The summed E-state index contributed by atoms with van der Waals surface area (Å²) in [5, 5.41) is 0. The third kappa shape index (κ3) is 3.11. The summed E-state index contributed by atoms with van der Waals surface area (Å²) < 4.78 is 52.5. The molecule has 1 aromatic carbocycles. The first-order valence-electron chi connectivity index (χ1n) is 5.87. The number of nitrogens with one attached hydrogen (secondary N) is 1. The summed E-state index contributed by atoms with van der Waals surface area (Å²) in [6.07, 6.45) is -3.25. The number of pyridine rings is 1. The topological polar surface area (TPSA) is 77.0 Å². The zero-order chi connectivity index (χ0) is 15.6. The van der Waals surface area contributed by atoms with Gasteiger partial charge in [-0.3, -0.25) is 5.84 Å². The average molecular weight is 300 g/mol. The van der Waals surface area contributed by atoms with E-state index >= 15 is 0 Å². The number of alkyl halides is 3. The number of halogens is 4. The number of nitrogens with zero attached hydrogens (tertiary/aromatic N) is 1. The number of benzene rings is 1. The second-order valence-corrected chi connectivity index (χ2v) is 4.31. The van der Waals surface area contributed by atoms with Gasteiger partial charge in [0.15, 0.2) is 0 Å². The van der Waals surface area contributed by atoms with Crippen molar-refractivity contribution < 1.29 is 17.6 Å². The molecular formula is C13H12F4N4. The lowest BCUT2D eigenvalue weighted by atomic mass is 9.94. The van der Waals surface area contributed by atoms with Crippen LogP contribution in [0.15, 0.2) is 36.5 Å². The zero-order valence-electron chi connectivity index (χ0n) is 10.7. The Morgan fingerprint density at radius 3 is 2.43 bits per heavy atom. The first-order valence-corrected chi connectivity index (χ1v) is 5.87. The molecule has 1 atom stereocenters. The van der Waals surface area contributed by atoms with Crippen LogP contribution in [0.25, 0.3) is 0 Å². The van der Waals surface area contributed by atoms with Gasteiger partial charge in [-0.25, -0.2) is 14.8 Å². The van der Waals surface area contributed by atoms with Crippen LogP contribution in [0.5, 0.6) is 0 Å². The van der Waals surface area contributed by atoms with E-state index in [1.807, 2.05) is 0 Å². The highest BCUT2D eigenvalue weighted by Gasteiger charge is 2.36. The SMILES string of the molecule is NNC(c1cc(F)ccc1C(F)(F)F)c1cccnc1N. The molecule has 2 aromatic rings. The Labute approximate surface area is 117 Å². The standard InChI is InChI=1S/C13H12F4N4/c14-7-3-4-10(13(15,16)17)9(6-7)11(21-19)8-2-1-5-20-12(8)18/h1-6,11,21H,19H2,(H2,18,20). The van der Waals surface area contributed by atoms with Gasteiger partial charge in [0.25, 0.3) is 0 Å². The Hall–Kier alpha value is -2.19. The Morgan fingerprint density at radius 2 is 1.86 bits per heavy atom. The van der Waals surface area contributed by atoms with Crippen molar-refractivity contribution in [3.63, 3.8) is 0 Å². The van der Waals surface area contributed by atoms with Crippen LogP contribution in [-0.4, -0.2) is 4.98 Å². The van der Waals surface area contributed by atoms with Crippen molar-refractivity contribution in [2.75, 3.05) is 5.73 Å². The fourth-order valence-electron chi connectivity index (χ4n) is 2.05. The second-order valence-electron chi connectivity index (χ2n) is 4.31. The molecule has 0 saturated carbocycles. The zero-order valence-corrected chi connectivity index (χ0v) is 10.7. The van der Waals surface area contributed by atoms with Crippen LogP contribution in [-0.2, 0) is 6.18 Å². The quantitative estimate of drug-likeness (QED) is 0.462. The average Bonchev–Trinajstić information content (AvgIpc) is 2.40. The Morgan fingerprint density at radius 1 is 1.14 bits per heavy atom. The number of hydrazine groups is 1. The smallest absolute Gasteiger partial charge is 0.383 e. The minimum absolute atomic E-state index is 0.0119. The van der Waals surface area contributed by atoms with Crippen molar-refractivity contribution in [2.24, 2.45) is 5.84 Å². The summed E-state index contributed by atoms with van der Waals surface area (Å²) in [5.74, 6) is 4.55. The van der Waals surface area contributed by atoms with Crippen LogP contribution in [0.2, 0.25) is 0 Å². The van der Waals surface area contributed by atoms with Crippen LogP contribution >= 0.6 is 0 Å². The van der Waals surface area contributed by atoms with Gasteiger partial charge in [0.2, 0.25) is 0 Å². The molecule has 0 fully saturated rings. The minimum Gasteiger partial charge on any atom is -0.383 e. The summed E-state index contributed by atoms with van der Waals surface area (Å²) in [7, 11) is 0. The first kappa shape index (κ1) is 15.2. The van der Waals surface area contributed by atoms with Gasteiger partial charge in [0.05, 0.1) is 11.6 Å². The van der Waals surface area contributed by atoms with Crippen molar-refractivity contribution in [3.05, 3.63) is 59.0 Å². The molecule has 21 heavy (non-hydrogen) atoms. The maximum atomic E-state index is 13.4. The van der Waals surface area contributed by atoms with Gasteiger partial charge in [0.1, 0.15) is 11.6 Å². The van der Waals surface area contributed by atoms with Gasteiger partial charge >= 0.3 is 6.18 Å². The molecule has 0 aliphatic carbocycles. The van der Waals surface area contributed by atoms with Crippen molar-refractivity contribution >= 4 is 5.82 Å². The minimum atomic E-state index is -4.64. The van der Waals surface area contributed by atoms with E-state index in [1.54, 1.807) is 0 Å². The Balaban J connectivity index is 2.63. The monoisotopic (exact) mass is 300 g/mol. The Kier molecular flexibility index (Phi) is 4.10. The molecule has 0 spiro atoms. The first-order chi connectivity index (χ1) is 9.84. The van der Waals surface area contributed by atoms with E-state index in [0.717, 1.165) is 12.1 Å². The van der Waals surface area contributed by atoms with Gasteiger partial charge in [-0.1, -0.05) is 6.07 Å². The van der Waals surface area contributed by atoms with Crippen molar-refractivity contribution in [1.82, 2.24) is 10.4 Å². The lowest BCUT2D eigenvalue weighted by molar-refractivity contribution is -0.138. The van der Waals surface area contributed by atoms with E-state index in [1.165, 1.54) is 18.3 Å². The molecule has 1 heterocycles. The van der Waals surface area contributed by atoms with Gasteiger partial charge < -0.3 is 5.73 Å². The lowest BCUT2D eigenvalue weighted by Gasteiger charge is -2.22. The van der Waals surface area contributed by atoms with Crippen LogP contribution in [0.4, 0.5) is 23.4 Å². The van der Waals surface area contributed by atoms with Crippen LogP contribution in [0.1, 0.15) is 22.7 Å². The van der Waals surface area contributed by atoms with E-state index in [0.29, 0.717) is 6.07 Å². The molecule has 0 aliphatic heterocycles. The fourth-order valence-corrected chi connectivity index (χ4v) is 2.05. The highest BCUT2D eigenvalue weighted by atomic mass is 19.4. The highest BCUT2D eigenvalue weighted by molar-refractivity contribution is 5.48. The maximum absolute atomic E-state index is 13.4. The van der Waals surface area contributed by atoms with E-state index in [2.05, 4.69) is 10.4 Å². The predicted octanol–water partition coefficient (Wildman–Crippen LogP) is 2.37. The summed E-state index contributed by atoms with van der Waals surface area (Å²) in [4.78, 5) is 3.79. The van der Waals surface area contributed by atoms with E-state index in [-0.39, 0.29) is 16.9 Å². The molecule has 112 valence electrons. The fraction of sp³-hybridized carbons (Fsp3) is 0.154. The lowest BCUT2D eigenvalue weighted by Crippen LogP contribution is -2.31. The van der Waals surface area contributed by atoms with Crippen LogP contribution in [0.3, 0.4) is 0 Å². The summed E-state index contributed by atoms with van der Waals surface area (Å²) in [6, 6.07) is 4.03. The molecule has 1 unspecified atom stereocenters. The number of nitrogens with two attached hydrogens (primary N) is 2. The number of rotatable bonds is 3. The summed E-state index contributed by atoms with van der Waals surface area (Å²) in [5.41, 5.74) is 6.76. The molecule has 0 amide bonds. The number of anilines is 1. The highest BCUT2D eigenvalue weighted by Crippen LogP contribution is 2.37. The molecule has 2 rings (SSSR count). The summed E-state index contributed by atoms with van der Waals surface area (Å²) >= 11 is 0. The van der Waals surface area contributed by atoms with Gasteiger partial charge in [-0.05, 0) is 29.8 Å².